The van der Waals surface area contributed by atoms with Gasteiger partial charge in [-0.05, 0) is 44.5 Å². The average Bonchev–Trinajstić information content (AvgIpc) is 3.23. The second-order valence-corrected chi connectivity index (χ2v) is 11.7. The minimum absolute atomic E-state index is 0.0390. The summed E-state index contributed by atoms with van der Waals surface area (Å²) < 4.78 is 46.9. The van der Waals surface area contributed by atoms with Crippen LogP contribution in [0.3, 0.4) is 0 Å². The number of amides is 3. The fraction of sp³-hybridized carbons (Fsp3) is 0.467. The molecule has 43 heavy (non-hydrogen) atoms. The monoisotopic (exact) mass is 619 g/mol. The van der Waals surface area contributed by atoms with Crippen LogP contribution in [0.4, 0.5) is 30.4 Å². The van der Waals surface area contributed by atoms with Crippen LogP contribution in [0.1, 0.15) is 31.0 Å². The molecule has 1 aromatic heterocycles. The molecule has 5 rings (SSSR count). The molecule has 0 unspecified atom stereocenters. The fourth-order valence-electron chi connectivity index (χ4n) is 5.95. The summed E-state index contributed by atoms with van der Waals surface area (Å²) in [5.74, 6) is -1.72. The molecule has 9 nitrogen and oxygen atoms in total. The molecule has 3 aliphatic heterocycles. The van der Waals surface area contributed by atoms with Gasteiger partial charge < -0.3 is 19.4 Å². The number of likely N-dealkylation sites (tertiary alicyclic amines) is 1. The second-order valence-electron chi connectivity index (χ2n) is 11.3. The standard InChI is InChI=1S/C30H33ClF3N5O4/c1-17(2)28(41)38-15-21(16-38)43-10-6-9-37-14-19-12-25(40)39(24-13-20(30(32,33)34)11-18(3)35-24)26(19)29(42)36(4)23-8-5-7-22(31)27(23)37/h5,7-8,11,13,19,21,26H,1,6,9-10,12,14-16H2,2-4H3/t19-,26+/m1/s1. The molecule has 0 radical (unpaired) electrons. The number of pyridine rings is 1. The molecule has 13 heteroatoms. The van der Waals surface area contributed by atoms with Crippen molar-refractivity contribution in [1.29, 1.82) is 0 Å². The molecular formula is C30H33ClF3N5O4. The molecule has 3 aliphatic rings. The Labute approximate surface area is 252 Å². The molecule has 1 aromatic carbocycles. The van der Waals surface area contributed by atoms with E-state index in [1.54, 1.807) is 37.1 Å². The predicted molar refractivity (Wildman–Crippen MR) is 156 cm³/mol. The predicted octanol–water partition coefficient (Wildman–Crippen LogP) is 4.46. The van der Waals surface area contributed by atoms with Crippen molar-refractivity contribution in [1.82, 2.24) is 9.88 Å². The Balaban J connectivity index is 1.38. The Hall–Kier alpha value is -3.64. The highest BCUT2D eigenvalue weighted by Crippen LogP contribution is 2.43. The van der Waals surface area contributed by atoms with E-state index in [2.05, 4.69) is 11.6 Å². The number of para-hydroxylation sites is 1. The van der Waals surface area contributed by atoms with Crippen LogP contribution < -0.4 is 14.7 Å². The van der Waals surface area contributed by atoms with E-state index >= 15 is 0 Å². The van der Waals surface area contributed by atoms with Gasteiger partial charge in [0.1, 0.15) is 11.9 Å². The largest absolute Gasteiger partial charge is 0.416 e. The van der Waals surface area contributed by atoms with E-state index in [-0.39, 0.29) is 36.5 Å². The van der Waals surface area contributed by atoms with Gasteiger partial charge in [0, 0.05) is 63.4 Å². The quantitative estimate of drug-likeness (QED) is 0.336. The Bertz CT molecular complexity index is 1460. The highest BCUT2D eigenvalue weighted by molar-refractivity contribution is 6.34. The molecule has 0 bridgehead atoms. The van der Waals surface area contributed by atoms with Crippen LogP contribution in [0.25, 0.3) is 0 Å². The minimum Gasteiger partial charge on any atom is -0.374 e. The first-order chi connectivity index (χ1) is 20.3. The Kier molecular flexibility index (Phi) is 8.45. The third-order valence-electron chi connectivity index (χ3n) is 8.05. The lowest BCUT2D eigenvalue weighted by Crippen LogP contribution is -2.55. The lowest BCUT2D eigenvalue weighted by molar-refractivity contribution is -0.140. The topological polar surface area (TPSA) is 86.3 Å². The first kappa shape index (κ1) is 30.8. The van der Waals surface area contributed by atoms with E-state index in [1.165, 1.54) is 11.8 Å². The van der Waals surface area contributed by atoms with Crippen LogP contribution in [0.2, 0.25) is 5.02 Å². The number of aromatic nitrogens is 1. The van der Waals surface area contributed by atoms with Gasteiger partial charge in [-0.25, -0.2) is 4.98 Å². The molecular weight excluding hydrogens is 587 g/mol. The summed E-state index contributed by atoms with van der Waals surface area (Å²) in [7, 11) is 1.57. The van der Waals surface area contributed by atoms with Gasteiger partial charge in [0.05, 0.1) is 28.1 Å². The Morgan fingerprint density at radius 1 is 1.19 bits per heavy atom. The number of hydrogen-bond donors (Lipinski definition) is 0. The third kappa shape index (κ3) is 6.08. The van der Waals surface area contributed by atoms with Gasteiger partial charge in [-0.2, -0.15) is 13.2 Å². The molecule has 4 heterocycles. The van der Waals surface area contributed by atoms with Crippen molar-refractivity contribution in [2.24, 2.45) is 5.92 Å². The van der Waals surface area contributed by atoms with E-state index in [4.69, 9.17) is 16.3 Å². The van der Waals surface area contributed by atoms with Crippen LogP contribution in [-0.2, 0) is 25.3 Å². The van der Waals surface area contributed by atoms with Gasteiger partial charge in [0.15, 0.2) is 0 Å². The number of anilines is 3. The Morgan fingerprint density at radius 2 is 1.91 bits per heavy atom. The van der Waals surface area contributed by atoms with Gasteiger partial charge >= 0.3 is 6.18 Å². The van der Waals surface area contributed by atoms with E-state index < -0.39 is 35.5 Å². The van der Waals surface area contributed by atoms with E-state index in [1.807, 2.05) is 4.90 Å². The number of halogens is 4. The summed E-state index contributed by atoms with van der Waals surface area (Å²) in [5, 5.41) is 0.431. The highest BCUT2D eigenvalue weighted by atomic mass is 35.5. The van der Waals surface area contributed by atoms with Crippen molar-refractivity contribution in [3.63, 3.8) is 0 Å². The first-order valence-electron chi connectivity index (χ1n) is 14.0. The number of benzene rings is 1. The highest BCUT2D eigenvalue weighted by Gasteiger charge is 2.49. The third-order valence-corrected chi connectivity index (χ3v) is 8.36. The number of likely N-dealkylation sites (N-methyl/N-ethyl adjacent to an activating group) is 1. The number of nitrogens with zero attached hydrogens (tertiary/aromatic N) is 5. The maximum Gasteiger partial charge on any atom is 0.416 e. The fourth-order valence-corrected chi connectivity index (χ4v) is 6.24. The van der Waals surface area contributed by atoms with Crippen molar-refractivity contribution < 1.29 is 32.3 Å². The summed E-state index contributed by atoms with van der Waals surface area (Å²) in [4.78, 5) is 49.8. The smallest absolute Gasteiger partial charge is 0.374 e. The molecule has 0 spiro atoms. The van der Waals surface area contributed by atoms with Crippen molar-refractivity contribution >= 4 is 46.5 Å². The van der Waals surface area contributed by atoms with Crippen molar-refractivity contribution in [2.45, 2.75) is 45.0 Å². The second kappa shape index (κ2) is 11.8. The lowest BCUT2D eigenvalue weighted by atomic mass is 9.95. The van der Waals surface area contributed by atoms with Crippen LogP contribution >= 0.6 is 11.6 Å². The van der Waals surface area contributed by atoms with Crippen molar-refractivity contribution in [3.8, 4) is 0 Å². The van der Waals surface area contributed by atoms with Crippen LogP contribution in [0.5, 0.6) is 0 Å². The number of rotatable bonds is 7. The minimum atomic E-state index is -4.64. The SMILES string of the molecule is C=C(C)C(=O)N1CC(OCCCN2C[C@H]3CC(=O)N(c4cc(C(F)(F)F)cc(C)n4)[C@@H]3C(=O)N(C)c3cccc(Cl)c32)C1. The zero-order valence-corrected chi connectivity index (χ0v) is 24.9. The van der Waals surface area contributed by atoms with E-state index in [0.717, 1.165) is 17.0 Å². The molecule has 2 fully saturated rings. The number of carbonyl (C=O) groups excluding carboxylic acids is 3. The van der Waals surface area contributed by atoms with Gasteiger partial charge in [-0.1, -0.05) is 24.2 Å². The van der Waals surface area contributed by atoms with Gasteiger partial charge in [0.2, 0.25) is 17.7 Å². The number of hydrogen-bond acceptors (Lipinski definition) is 6. The van der Waals surface area contributed by atoms with Gasteiger partial charge in [-0.3, -0.25) is 19.3 Å². The number of carbonyl (C=O) groups is 3. The molecule has 3 amide bonds. The van der Waals surface area contributed by atoms with Crippen molar-refractivity contribution in [2.75, 3.05) is 54.5 Å². The van der Waals surface area contributed by atoms with Crippen molar-refractivity contribution in [3.05, 3.63) is 58.8 Å². The summed E-state index contributed by atoms with van der Waals surface area (Å²) in [6.07, 6.45) is -4.15. The maximum absolute atomic E-state index is 13.9. The van der Waals surface area contributed by atoms with Crippen LogP contribution in [0, 0.1) is 12.8 Å². The average molecular weight is 620 g/mol. The number of fused-ring (bicyclic) bond motifs is 2. The summed E-state index contributed by atoms with van der Waals surface area (Å²) in [6, 6.07) is 5.88. The zero-order valence-electron chi connectivity index (χ0n) is 24.2. The summed E-state index contributed by atoms with van der Waals surface area (Å²) in [6.45, 7) is 8.95. The number of ether oxygens (including phenoxy) is 1. The molecule has 2 atom stereocenters. The normalized spacial score (nSPS) is 20.9. The molecule has 0 N–H and O–H groups in total. The molecule has 230 valence electrons. The van der Waals surface area contributed by atoms with Crippen LogP contribution in [-0.4, -0.2) is 79.6 Å². The van der Waals surface area contributed by atoms with Gasteiger partial charge in [0.25, 0.3) is 0 Å². The van der Waals surface area contributed by atoms with E-state index in [9.17, 15) is 27.6 Å². The van der Waals surface area contributed by atoms with E-state index in [0.29, 0.717) is 54.6 Å². The maximum atomic E-state index is 13.9. The van der Waals surface area contributed by atoms with Crippen LogP contribution in [0.15, 0.2) is 42.5 Å². The summed E-state index contributed by atoms with van der Waals surface area (Å²) >= 11 is 6.67. The number of aryl methyl sites for hydroxylation is 1. The lowest BCUT2D eigenvalue weighted by Gasteiger charge is -2.40. The molecule has 0 saturated carbocycles. The number of alkyl halides is 3. The van der Waals surface area contributed by atoms with Gasteiger partial charge in [-0.15, -0.1) is 0 Å². The molecule has 2 saturated heterocycles. The zero-order chi connectivity index (χ0) is 31.2. The Morgan fingerprint density at radius 3 is 2.58 bits per heavy atom. The summed E-state index contributed by atoms with van der Waals surface area (Å²) in [5.41, 5.74) is 0.799. The molecule has 0 aliphatic carbocycles. The first-order valence-corrected chi connectivity index (χ1v) is 14.4. The molecule has 2 aromatic rings.